The zero-order valence-electron chi connectivity index (χ0n) is 15.6. The number of likely N-dealkylation sites (N-methyl/N-ethyl adjacent to an activating group) is 1. The van der Waals surface area contributed by atoms with Crippen molar-refractivity contribution in [1.29, 1.82) is 0 Å². The molecule has 27 heavy (non-hydrogen) atoms. The molecule has 1 atom stereocenters. The van der Waals surface area contributed by atoms with Crippen molar-refractivity contribution in [3.8, 4) is 0 Å². The number of rotatable bonds is 5. The van der Waals surface area contributed by atoms with Crippen LogP contribution in [0.2, 0.25) is 0 Å². The third-order valence-corrected chi connectivity index (χ3v) is 5.49. The van der Waals surface area contributed by atoms with E-state index in [1.54, 1.807) is 10.7 Å². The molecule has 1 aliphatic rings. The maximum atomic E-state index is 12.5. The first-order valence-corrected chi connectivity index (χ1v) is 9.42. The number of nitrogens with two attached hydrogens (primary N) is 1. The largest absolute Gasteiger partial charge is 0.457 e. The van der Waals surface area contributed by atoms with Crippen molar-refractivity contribution >= 4 is 16.9 Å². The number of esters is 1. The Labute approximate surface area is 159 Å². The summed E-state index contributed by atoms with van der Waals surface area (Å²) in [5.41, 5.74) is 3.66. The minimum atomic E-state index is -0.311. The van der Waals surface area contributed by atoms with Crippen LogP contribution in [-0.4, -0.2) is 35.2 Å². The van der Waals surface area contributed by atoms with Crippen molar-refractivity contribution in [3.63, 3.8) is 0 Å². The molecule has 0 radical (unpaired) electrons. The molecule has 140 valence electrons. The van der Waals surface area contributed by atoms with E-state index in [0.717, 1.165) is 29.4 Å². The average Bonchev–Trinajstić information content (AvgIpc) is 3.24. The lowest BCUT2D eigenvalue weighted by Gasteiger charge is -2.18. The van der Waals surface area contributed by atoms with Gasteiger partial charge in [-0.25, -0.2) is 4.79 Å². The predicted molar refractivity (Wildman–Crippen MR) is 107 cm³/mol. The Bertz CT molecular complexity index is 949. The fraction of sp³-hybridized carbons (Fsp3) is 0.318. The first-order chi connectivity index (χ1) is 13.1. The zero-order valence-corrected chi connectivity index (χ0v) is 15.6. The Kier molecular flexibility index (Phi) is 4.86. The minimum Gasteiger partial charge on any atom is -0.457 e. The van der Waals surface area contributed by atoms with Crippen molar-refractivity contribution in [3.05, 3.63) is 71.4 Å². The highest BCUT2D eigenvalue weighted by atomic mass is 16.5. The number of fused-ring (bicyclic) bond motifs is 1. The van der Waals surface area contributed by atoms with Crippen molar-refractivity contribution < 1.29 is 9.53 Å². The fourth-order valence-electron chi connectivity index (χ4n) is 3.91. The first-order valence-electron chi connectivity index (χ1n) is 9.42. The number of carbonyl (C=O) groups excluding carboxylic acids is 1. The van der Waals surface area contributed by atoms with E-state index < -0.39 is 0 Å². The van der Waals surface area contributed by atoms with Gasteiger partial charge in [0.2, 0.25) is 0 Å². The van der Waals surface area contributed by atoms with Gasteiger partial charge in [-0.2, -0.15) is 0 Å². The van der Waals surface area contributed by atoms with Crippen molar-refractivity contribution in [2.24, 2.45) is 0 Å². The summed E-state index contributed by atoms with van der Waals surface area (Å²) in [7, 11) is 2.17. The van der Waals surface area contributed by atoms with Crippen LogP contribution in [0.15, 0.2) is 54.7 Å². The molecule has 0 bridgehead atoms. The van der Waals surface area contributed by atoms with Crippen molar-refractivity contribution in [1.82, 2.24) is 9.58 Å². The molecule has 2 heterocycles. The molecule has 1 aromatic heterocycles. The second-order valence-corrected chi connectivity index (χ2v) is 7.34. The van der Waals surface area contributed by atoms with Crippen molar-refractivity contribution in [2.75, 3.05) is 19.4 Å². The number of hydrogen-bond donors (Lipinski definition) is 1. The molecule has 2 N–H and O–H groups in total. The number of aromatic nitrogens is 1. The normalized spacial score (nSPS) is 17.4. The average molecular weight is 363 g/mol. The van der Waals surface area contributed by atoms with E-state index in [0.29, 0.717) is 11.6 Å². The summed E-state index contributed by atoms with van der Waals surface area (Å²) in [4.78, 5) is 14.9. The standard InChI is InChI=1S/C22H25N3O2/c1-24-11-5-8-19(24)12-18-14-25(23)21-10-9-17(13-20(18)21)22(26)27-15-16-6-3-2-4-7-16/h2-4,6-7,9-10,13-14,19H,5,8,11-12,15,23H2,1H3. The molecule has 1 aliphatic heterocycles. The molecule has 5 nitrogen and oxygen atoms in total. The van der Waals surface area contributed by atoms with E-state index in [4.69, 9.17) is 10.6 Å². The predicted octanol–water partition coefficient (Wildman–Crippen LogP) is 3.35. The number of hydrogen-bond acceptors (Lipinski definition) is 4. The molecule has 1 saturated heterocycles. The molecule has 2 aromatic carbocycles. The molecule has 0 aliphatic carbocycles. The lowest BCUT2D eigenvalue weighted by molar-refractivity contribution is 0.0473. The van der Waals surface area contributed by atoms with Gasteiger partial charge in [0, 0.05) is 17.6 Å². The van der Waals surface area contributed by atoms with Gasteiger partial charge < -0.3 is 15.5 Å². The summed E-state index contributed by atoms with van der Waals surface area (Å²) < 4.78 is 7.13. The molecule has 5 heteroatoms. The maximum absolute atomic E-state index is 12.5. The Morgan fingerprint density at radius 1 is 1.22 bits per heavy atom. The van der Waals surface area contributed by atoms with Gasteiger partial charge in [-0.3, -0.25) is 4.68 Å². The second kappa shape index (κ2) is 7.45. The Balaban J connectivity index is 1.55. The van der Waals surface area contributed by atoms with Crippen LogP contribution in [-0.2, 0) is 17.8 Å². The topological polar surface area (TPSA) is 60.5 Å². The lowest BCUT2D eigenvalue weighted by Crippen LogP contribution is -2.26. The van der Waals surface area contributed by atoms with Gasteiger partial charge >= 0.3 is 5.97 Å². The van der Waals surface area contributed by atoms with Crippen LogP contribution in [0.3, 0.4) is 0 Å². The van der Waals surface area contributed by atoms with E-state index in [2.05, 4.69) is 11.9 Å². The van der Waals surface area contributed by atoms with Crippen LogP contribution in [0.1, 0.15) is 34.3 Å². The third-order valence-electron chi connectivity index (χ3n) is 5.49. The number of nitrogens with zero attached hydrogens (tertiary/aromatic N) is 2. The highest BCUT2D eigenvalue weighted by Crippen LogP contribution is 2.26. The molecule has 4 rings (SSSR count). The van der Waals surface area contributed by atoms with Gasteiger partial charge in [-0.15, -0.1) is 0 Å². The molecular weight excluding hydrogens is 338 g/mol. The monoisotopic (exact) mass is 363 g/mol. The van der Waals surface area contributed by atoms with Gasteiger partial charge in [-0.1, -0.05) is 30.3 Å². The maximum Gasteiger partial charge on any atom is 0.338 e. The van der Waals surface area contributed by atoms with Crippen molar-refractivity contribution in [2.45, 2.75) is 31.9 Å². The molecule has 3 aromatic rings. The van der Waals surface area contributed by atoms with E-state index in [-0.39, 0.29) is 12.6 Å². The lowest BCUT2D eigenvalue weighted by atomic mass is 10.0. The third kappa shape index (κ3) is 3.69. The van der Waals surface area contributed by atoms with Crippen LogP contribution < -0.4 is 5.84 Å². The molecule has 0 amide bonds. The molecule has 0 spiro atoms. The van der Waals surface area contributed by atoms with E-state index in [9.17, 15) is 4.79 Å². The number of nitrogen functional groups attached to an aromatic ring is 1. The summed E-state index contributed by atoms with van der Waals surface area (Å²) in [6.07, 6.45) is 5.36. The smallest absolute Gasteiger partial charge is 0.338 e. The second-order valence-electron chi connectivity index (χ2n) is 7.34. The molecule has 1 unspecified atom stereocenters. The summed E-state index contributed by atoms with van der Waals surface area (Å²) in [6, 6.07) is 15.8. The molecule has 1 fully saturated rings. The summed E-state index contributed by atoms with van der Waals surface area (Å²) in [5.74, 6) is 5.82. The van der Waals surface area contributed by atoms with Gasteiger partial charge in [0.05, 0.1) is 11.1 Å². The van der Waals surface area contributed by atoms with Gasteiger partial charge in [-0.05, 0) is 62.2 Å². The highest BCUT2D eigenvalue weighted by molar-refractivity contribution is 5.96. The minimum absolute atomic E-state index is 0.273. The number of ether oxygens (including phenoxy) is 1. The van der Waals surface area contributed by atoms with Gasteiger partial charge in [0.1, 0.15) is 6.61 Å². The highest BCUT2D eigenvalue weighted by Gasteiger charge is 2.23. The first kappa shape index (κ1) is 17.6. The summed E-state index contributed by atoms with van der Waals surface area (Å²) >= 11 is 0. The van der Waals surface area contributed by atoms with Crippen LogP contribution in [0.25, 0.3) is 10.9 Å². The Morgan fingerprint density at radius 2 is 2.04 bits per heavy atom. The quantitative estimate of drug-likeness (QED) is 0.558. The summed E-state index contributed by atoms with van der Waals surface area (Å²) in [5, 5.41) is 1.03. The number of carbonyl (C=O) groups is 1. The van der Waals surface area contributed by atoms with E-state index in [1.807, 2.05) is 48.7 Å². The Hall–Kier alpha value is -2.79. The van der Waals surface area contributed by atoms with Gasteiger partial charge in [0.15, 0.2) is 0 Å². The fourth-order valence-corrected chi connectivity index (χ4v) is 3.91. The SMILES string of the molecule is CN1CCCC1Cc1cn(N)c2ccc(C(=O)OCc3ccccc3)cc12. The Morgan fingerprint density at radius 3 is 2.78 bits per heavy atom. The molecule has 0 saturated carbocycles. The summed E-state index contributed by atoms with van der Waals surface area (Å²) in [6.45, 7) is 1.42. The molecular formula is C22H25N3O2. The van der Waals surface area contributed by atoms with E-state index >= 15 is 0 Å². The van der Waals surface area contributed by atoms with Crippen LogP contribution >= 0.6 is 0 Å². The number of likely N-dealkylation sites (tertiary alicyclic amines) is 1. The number of benzene rings is 2. The van der Waals surface area contributed by atoms with Crippen LogP contribution in [0, 0.1) is 0 Å². The van der Waals surface area contributed by atoms with E-state index in [1.165, 1.54) is 18.4 Å². The van der Waals surface area contributed by atoms with Crippen LogP contribution in [0.5, 0.6) is 0 Å². The van der Waals surface area contributed by atoms with Gasteiger partial charge in [0.25, 0.3) is 0 Å². The zero-order chi connectivity index (χ0) is 18.8. The van der Waals surface area contributed by atoms with Crippen LogP contribution in [0.4, 0.5) is 0 Å².